The fourth-order valence-electron chi connectivity index (χ4n) is 8.85. The lowest BCUT2D eigenvalue weighted by atomic mass is 9.43. The van der Waals surface area contributed by atoms with Crippen LogP contribution in [0, 0.1) is 46.3 Å². The van der Waals surface area contributed by atoms with Crippen molar-refractivity contribution < 1.29 is 4.79 Å². The molecular weight excluding hydrogens is 316 g/mol. The summed E-state index contributed by atoms with van der Waals surface area (Å²) >= 11 is 0. The maximum absolute atomic E-state index is 12.4. The Bertz CT molecular complexity index is 538. The minimum absolute atomic E-state index is 0.315. The molecule has 4 saturated carbocycles. The highest BCUT2D eigenvalue weighted by Crippen LogP contribution is 2.65. The second kappa shape index (κ2) is 6.93. The van der Waals surface area contributed by atoms with Crippen LogP contribution in [0.25, 0.3) is 0 Å². The van der Waals surface area contributed by atoms with E-state index in [1.807, 2.05) is 6.92 Å². The minimum atomic E-state index is 0.315. The number of rotatable bonds is 2. The number of ketones is 1. The monoisotopic (exact) mass is 358 g/mol. The van der Waals surface area contributed by atoms with Crippen LogP contribution < -0.4 is 0 Å². The van der Waals surface area contributed by atoms with Gasteiger partial charge in [0.05, 0.1) is 0 Å². The number of carbonyl (C=O) groups excluding carboxylic acids is 1. The van der Waals surface area contributed by atoms with E-state index >= 15 is 0 Å². The molecule has 0 amide bonds. The predicted molar refractivity (Wildman–Crippen MR) is 109 cm³/mol. The van der Waals surface area contributed by atoms with Crippen LogP contribution in [0.2, 0.25) is 0 Å². The van der Waals surface area contributed by atoms with Gasteiger partial charge in [0.25, 0.3) is 0 Å². The summed E-state index contributed by atoms with van der Waals surface area (Å²) in [5.41, 5.74) is 0.927. The molecule has 4 rings (SSSR count). The third-order valence-electron chi connectivity index (χ3n) is 10.1. The van der Waals surface area contributed by atoms with Gasteiger partial charge in [0.2, 0.25) is 0 Å². The Morgan fingerprint density at radius 2 is 1.54 bits per heavy atom. The highest BCUT2D eigenvalue weighted by atomic mass is 16.1. The Morgan fingerprint density at radius 3 is 2.27 bits per heavy atom. The molecule has 26 heavy (non-hydrogen) atoms. The fraction of sp³-hybridized carbons (Fsp3) is 0.960. The first-order chi connectivity index (χ1) is 12.4. The number of fused-ring (bicyclic) bond motifs is 5. The van der Waals surface area contributed by atoms with Crippen molar-refractivity contribution in [1.29, 1.82) is 0 Å². The lowest BCUT2D eigenvalue weighted by molar-refractivity contribution is -0.145. The van der Waals surface area contributed by atoms with Gasteiger partial charge in [0.15, 0.2) is 0 Å². The van der Waals surface area contributed by atoms with Crippen molar-refractivity contribution >= 4 is 5.78 Å². The first-order valence-corrected chi connectivity index (χ1v) is 11.9. The fourth-order valence-corrected chi connectivity index (χ4v) is 8.85. The molecule has 0 N–H and O–H groups in total. The average molecular weight is 359 g/mol. The largest absolute Gasteiger partial charge is 0.300 e. The summed E-state index contributed by atoms with van der Waals surface area (Å²) < 4.78 is 0. The zero-order valence-corrected chi connectivity index (χ0v) is 17.9. The van der Waals surface area contributed by atoms with E-state index in [4.69, 9.17) is 0 Å². The molecule has 0 aromatic heterocycles. The normalized spacial score (nSPS) is 51.5. The molecule has 8 unspecified atom stereocenters. The molecule has 4 aliphatic rings. The molecule has 0 bridgehead atoms. The summed E-state index contributed by atoms with van der Waals surface area (Å²) in [5, 5.41) is 0. The van der Waals surface area contributed by atoms with Crippen LogP contribution in [-0.2, 0) is 4.79 Å². The van der Waals surface area contributed by atoms with Crippen LogP contribution in [0.4, 0.5) is 0 Å². The summed E-state index contributed by atoms with van der Waals surface area (Å²) in [4.78, 5) is 12.4. The number of Topliss-reactive ketones (excluding diaryl/α,β-unsaturated/α-hetero) is 1. The Labute approximate surface area is 162 Å². The Kier molecular flexibility index (Phi) is 5.06. The Balaban J connectivity index is 1.60. The van der Waals surface area contributed by atoms with E-state index in [2.05, 4.69) is 20.8 Å². The zero-order chi connectivity index (χ0) is 18.5. The highest BCUT2D eigenvalue weighted by Gasteiger charge is 2.57. The van der Waals surface area contributed by atoms with Crippen LogP contribution in [0.5, 0.6) is 0 Å². The maximum Gasteiger partial charge on any atom is 0.133 e. The van der Waals surface area contributed by atoms with Gasteiger partial charge >= 0.3 is 0 Å². The highest BCUT2D eigenvalue weighted by molar-refractivity contribution is 5.79. The summed E-state index contributed by atoms with van der Waals surface area (Å²) in [7, 11) is 0. The lowest BCUT2D eigenvalue weighted by Crippen LogP contribution is -2.54. The molecule has 0 aromatic rings. The SMILES string of the molecule is CCC1CCCC2C3CCC4(C)C(C(C)=O)CCCC4C3CCC2(C)C1. The van der Waals surface area contributed by atoms with Gasteiger partial charge in [-0.2, -0.15) is 0 Å². The minimum Gasteiger partial charge on any atom is -0.300 e. The molecule has 4 fully saturated rings. The molecule has 0 saturated heterocycles. The van der Waals surface area contributed by atoms with Gasteiger partial charge in [0.1, 0.15) is 5.78 Å². The van der Waals surface area contributed by atoms with Crippen molar-refractivity contribution in [2.24, 2.45) is 46.3 Å². The van der Waals surface area contributed by atoms with Crippen LogP contribution in [-0.4, -0.2) is 5.78 Å². The van der Waals surface area contributed by atoms with Crippen LogP contribution in [0.1, 0.15) is 105 Å². The van der Waals surface area contributed by atoms with E-state index in [1.54, 1.807) is 0 Å². The molecule has 8 atom stereocenters. The summed E-state index contributed by atoms with van der Waals surface area (Å²) in [6, 6.07) is 0. The molecule has 1 heteroatoms. The molecule has 0 aromatic carbocycles. The van der Waals surface area contributed by atoms with E-state index in [0.717, 1.165) is 29.6 Å². The quantitative estimate of drug-likeness (QED) is 0.517. The average Bonchev–Trinajstić information content (AvgIpc) is 2.78. The predicted octanol–water partition coefficient (Wildman–Crippen LogP) is 7.04. The van der Waals surface area contributed by atoms with E-state index in [-0.39, 0.29) is 0 Å². The van der Waals surface area contributed by atoms with Crippen LogP contribution in [0.3, 0.4) is 0 Å². The maximum atomic E-state index is 12.4. The van der Waals surface area contributed by atoms with Crippen molar-refractivity contribution in [3.63, 3.8) is 0 Å². The van der Waals surface area contributed by atoms with Gasteiger partial charge in [-0.25, -0.2) is 0 Å². The third-order valence-corrected chi connectivity index (χ3v) is 10.1. The summed E-state index contributed by atoms with van der Waals surface area (Å²) in [6.45, 7) is 9.45. The van der Waals surface area contributed by atoms with E-state index in [0.29, 0.717) is 22.5 Å². The first kappa shape index (κ1) is 19.0. The molecular formula is C25H42O. The Hall–Kier alpha value is -0.330. The van der Waals surface area contributed by atoms with Crippen molar-refractivity contribution in [3.05, 3.63) is 0 Å². The number of hydrogen-bond donors (Lipinski definition) is 0. The Morgan fingerprint density at radius 1 is 0.885 bits per heavy atom. The molecule has 148 valence electrons. The van der Waals surface area contributed by atoms with Gasteiger partial charge in [-0.1, -0.05) is 46.5 Å². The van der Waals surface area contributed by atoms with Gasteiger partial charge in [-0.05, 0) is 98.7 Å². The molecule has 1 nitrogen and oxygen atoms in total. The molecule has 0 aliphatic heterocycles. The van der Waals surface area contributed by atoms with Crippen molar-refractivity contribution in [2.75, 3.05) is 0 Å². The van der Waals surface area contributed by atoms with Crippen LogP contribution in [0.15, 0.2) is 0 Å². The van der Waals surface area contributed by atoms with Gasteiger partial charge in [-0.15, -0.1) is 0 Å². The first-order valence-electron chi connectivity index (χ1n) is 11.9. The topological polar surface area (TPSA) is 17.1 Å². The van der Waals surface area contributed by atoms with Crippen molar-refractivity contribution in [2.45, 2.75) is 105 Å². The van der Waals surface area contributed by atoms with E-state index in [1.165, 1.54) is 77.0 Å². The van der Waals surface area contributed by atoms with Gasteiger partial charge in [-0.3, -0.25) is 4.79 Å². The second-order valence-corrected chi connectivity index (χ2v) is 11.3. The second-order valence-electron chi connectivity index (χ2n) is 11.3. The van der Waals surface area contributed by atoms with Gasteiger partial charge < -0.3 is 0 Å². The van der Waals surface area contributed by atoms with Crippen molar-refractivity contribution in [3.8, 4) is 0 Å². The smallest absolute Gasteiger partial charge is 0.133 e. The van der Waals surface area contributed by atoms with E-state index in [9.17, 15) is 4.79 Å². The molecule has 0 heterocycles. The zero-order valence-electron chi connectivity index (χ0n) is 17.9. The number of carbonyl (C=O) groups is 1. The number of hydrogen-bond acceptors (Lipinski definition) is 1. The standard InChI is InChI=1S/C25H42O/c1-5-18-8-6-10-22-19-13-15-25(4)21(17(2)26)9-7-11-23(25)20(19)12-14-24(22,3)16-18/h18-23H,5-16H2,1-4H3. The molecule has 0 spiro atoms. The molecule has 0 radical (unpaired) electrons. The summed E-state index contributed by atoms with van der Waals surface area (Å²) in [5.74, 6) is 5.51. The lowest BCUT2D eigenvalue weighted by Gasteiger charge is -2.61. The van der Waals surface area contributed by atoms with E-state index < -0.39 is 0 Å². The van der Waals surface area contributed by atoms with Gasteiger partial charge in [0, 0.05) is 5.92 Å². The van der Waals surface area contributed by atoms with Crippen molar-refractivity contribution in [1.82, 2.24) is 0 Å². The third kappa shape index (κ3) is 2.91. The summed E-state index contributed by atoms with van der Waals surface area (Å²) in [6.07, 6.45) is 16.9. The molecule has 4 aliphatic carbocycles. The van der Waals surface area contributed by atoms with Crippen LogP contribution >= 0.6 is 0 Å².